The van der Waals surface area contributed by atoms with E-state index in [0.29, 0.717) is 0 Å². The molecule has 18 heavy (non-hydrogen) atoms. The van der Waals surface area contributed by atoms with Crippen LogP contribution in [0.3, 0.4) is 0 Å². The third-order valence-corrected chi connectivity index (χ3v) is 4.06. The van der Waals surface area contributed by atoms with Crippen LogP contribution in [0.25, 0.3) is 6.08 Å². The molecule has 0 N–H and O–H groups in total. The van der Waals surface area contributed by atoms with Crippen LogP contribution in [0.1, 0.15) is 33.3 Å². The van der Waals surface area contributed by atoms with Gasteiger partial charge in [0.15, 0.2) is 0 Å². The van der Waals surface area contributed by atoms with E-state index < -0.39 is 0 Å². The number of rotatable bonds is 2. The Labute approximate surface area is 118 Å². The molecule has 96 valence electrons. The van der Waals surface area contributed by atoms with Crippen LogP contribution in [0.5, 0.6) is 0 Å². The summed E-state index contributed by atoms with van der Waals surface area (Å²) >= 11 is 3.46. The summed E-state index contributed by atoms with van der Waals surface area (Å²) in [7, 11) is -0.283. The maximum Gasteiger partial charge on any atom is 0.487 e. The number of halogens is 1. The predicted octanol–water partition coefficient (Wildman–Crippen LogP) is 4.09. The van der Waals surface area contributed by atoms with Gasteiger partial charge in [0, 0.05) is 4.47 Å². The molecule has 2 nitrogen and oxygen atoms in total. The molecule has 0 amide bonds. The van der Waals surface area contributed by atoms with Gasteiger partial charge in [-0.05, 0) is 45.4 Å². The van der Waals surface area contributed by atoms with E-state index in [1.54, 1.807) is 0 Å². The van der Waals surface area contributed by atoms with E-state index >= 15 is 0 Å². The van der Waals surface area contributed by atoms with E-state index in [-0.39, 0.29) is 18.3 Å². The molecule has 0 aromatic heterocycles. The van der Waals surface area contributed by atoms with Gasteiger partial charge in [0.1, 0.15) is 0 Å². The Bertz CT molecular complexity index is 453. The first-order valence-corrected chi connectivity index (χ1v) is 6.89. The third-order valence-electron chi connectivity index (χ3n) is 3.57. The number of benzene rings is 1. The molecule has 4 heteroatoms. The summed E-state index contributed by atoms with van der Waals surface area (Å²) in [6.45, 7) is 8.22. The lowest BCUT2D eigenvalue weighted by Gasteiger charge is -2.32. The van der Waals surface area contributed by atoms with E-state index in [0.717, 1.165) is 10.0 Å². The van der Waals surface area contributed by atoms with Crippen LogP contribution in [0.15, 0.2) is 34.7 Å². The van der Waals surface area contributed by atoms with E-state index in [1.165, 1.54) is 0 Å². The summed E-state index contributed by atoms with van der Waals surface area (Å²) in [4.78, 5) is 0. The molecule has 1 fully saturated rings. The van der Waals surface area contributed by atoms with Gasteiger partial charge in [-0.1, -0.05) is 40.1 Å². The molecule has 1 aromatic carbocycles. The molecule has 1 saturated heterocycles. The second-order valence-corrected chi connectivity index (χ2v) is 6.45. The molecule has 2 rings (SSSR count). The Morgan fingerprint density at radius 1 is 1.11 bits per heavy atom. The summed E-state index contributed by atoms with van der Waals surface area (Å²) in [6, 6.07) is 8.12. The van der Waals surface area contributed by atoms with Gasteiger partial charge in [0.25, 0.3) is 0 Å². The fourth-order valence-corrected chi connectivity index (χ4v) is 2.18. The highest BCUT2D eigenvalue weighted by Gasteiger charge is 2.49. The second kappa shape index (κ2) is 4.84. The SMILES string of the molecule is CC1(C)OB(/C=C/c2cccc(Br)c2)OC1(C)C. The first-order valence-electron chi connectivity index (χ1n) is 6.10. The van der Waals surface area contributed by atoms with Crippen LogP contribution in [0.2, 0.25) is 0 Å². The van der Waals surface area contributed by atoms with Crippen LogP contribution < -0.4 is 0 Å². The second-order valence-electron chi connectivity index (χ2n) is 5.54. The zero-order valence-electron chi connectivity index (χ0n) is 11.2. The molecule has 0 radical (unpaired) electrons. The Balaban J connectivity index is 2.08. The quantitative estimate of drug-likeness (QED) is 0.766. The standard InChI is InChI=1S/C14H18BBrO2/c1-13(2)14(3,4)18-15(17-13)9-8-11-6-5-7-12(16)10-11/h5-10H,1-4H3/b9-8+. The van der Waals surface area contributed by atoms with E-state index in [9.17, 15) is 0 Å². The van der Waals surface area contributed by atoms with Crippen molar-refractivity contribution in [1.82, 2.24) is 0 Å². The summed E-state index contributed by atoms with van der Waals surface area (Å²) in [5.41, 5.74) is 0.567. The minimum atomic E-state index is -0.283. The summed E-state index contributed by atoms with van der Waals surface area (Å²) in [5.74, 6) is 1.96. The van der Waals surface area contributed by atoms with E-state index in [4.69, 9.17) is 9.31 Å². The maximum absolute atomic E-state index is 5.90. The molecule has 1 aliphatic heterocycles. The van der Waals surface area contributed by atoms with Crippen molar-refractivity contribution in [2.75, 3.05) is 0 Å². The zero-order chi connectivity index (χ0) is 13.4. The molecular weight excluding hydrogens is 291 g/mol. The van der Waals surface area contributed by atoms with Gasteiger partial charge in [0.05, 0.1) is 11.2 Å². The van der Waals surface area contributed by atoms with E-state index in [1.807, 2.05) is 30.3 Å². The highest BCUT2D eigenvalue weighted by atomic mass is 79.9. The van der Waals surface area contributed by atoms with Gasteiger partial charge in [-0.3, -0.25) is 0 Å². The maximum atomic E-state index is 5.90. The lowest BCUT2D eigenvalue weighted by molar-refractivity contribution is 0.00578. The first-order chi connectivity index (χ1) is 8.30. The van der Waals surface area contributed by atoms with Crippen molar-refractivity contribution in [2.24, 2.45) is 0 Å². The fourth-order valence-electron chi connectivity index (χ4n) is 1.77. The zero-order valence-corrected chi connectivity index (χ0v) is 12.8. The van der Waals surface area contributed by atoms with Crippen molar-refractivity contribution in [3.8, 4) is 0 Å². The lowest BCUT2D eigenvalue weighted by atomic mass is 9.89. The van der Waals surface area contributed by atoms with Gasteiger partial charge in [-0.2, -0.15) is 0 Å². The van der Waals surface area contributed by atoms with Crippen molar-refractivity contribution in [2.45, 2.75) is 38.9 Å². The molecule has 1 aliphatic rings. The molecule has 0 atom stereocenters. The van der Waals surface area contributed by atoms with Gasteiger partial charge >= 0.3 is 7.12 Å². The summed E-state index contributed by atoms with van der Waals surface area (Å²) in [5, 5.41) is 0. The van der Waals surface area contributed by atoms with Gasteiger partial charge < -0.3 is 9.31 Å². The largest absolute Gasteiger partial charge is 0.487 e. The molecule has 0 saturated carbocycles. The number of hydrogen-bond donors (Lipinski definition) is 0. The normalized spacial score (nSPS) is 21.7. The Morgan fingerprint density at radius 3 is 2.28 bits per heavy atom. The molecule has 0 unspecified atom stereocenters. The van der Waals surface area contributed by atoms with Gasteiger partial charge in [-0.25, -0.2) is 0 Å². The van der Waals surface area contributed by atoms with Crippen molar-refractivity contribution in [1.29, 1.82) is 0 Å². The summed E-state index contributed by atoms with van der Waals surface area (Å²) < 4.78 is 12.9. The minimum absolute atomic E-state index is 0.278. The lowest BCUT2D eigenvalue weighted by Crippen LogP contribution is -2.41. The van der Waals surface area contributed by atoms with Crippen molar-refractivity contribution >= 4 is 29.1 Å². The predicted molar refractivity (Wildman–Crippen MR) is 79.3 cm³/mol. The average molecular weight is 309 g/mol. The molecular formula is C14H18BBrO2. The van der Waals surface area contributed by atoms with Gasteiger partial charge in [0.2, 0.25) is 0 Å². The Morgan fingerprint density at radius 2 is 1.72 bits per heavy atom. The van der Waals surface area contributed by atoms with Crippen LogP contribution in [-0.2, 0) is 9.31 Å². The van der Waals surface area contributed by atoms with E-state index in [2.05, 4.69) is 49.7 Å². The highest BCUT2D eigenvalue weighted by Crippen LogP contribution is 2.37. The topological polar surface area (TPSA) is 18.5 Å². The highest BCUT2D eigenvalue weighted by molar-refractivity contribution is 9.10. The molecule has 0 aliphatic carbocycles. The monoisotopic (exact) mass is 308 g/mol. The van der Waals surface area contributed by atoms with Crippen LogP contribution in [-0.4, -0.2) is 18.3 Å². The minimum Gasteiger partial charge on any atom is -0.400 e. The average Bonchev–Trinajstić information content (AvgIpc) is 2.45. The smallest absolute Gasteiger partial charge is 0.400 e. The van der Waals surface area contributed by atoms with Gasteiger partial charge in [-0.15, -0.1) is 0 Å². The van der Waals surface area contributed by atoms with Crippen molar-refractivity contribution < 1.29 is 9.31 Å². The van der Waals surface area contributed by atoms with Crippen LogP contribution in [0.4, 0.5) is 0 Å². The third kappa shape index (κ3) is 2.87. The molecule has 0 bridgehead atoms. The molecule has 0 spiro atoms. The van der Waals surface area contributed by atoms with Crippen molar-refractivity contribution in [3.63, 3.8) is 0 Å². The summed E-state index contributed by atoms with van der Waals surface area (Å²) in [6.07, 6.45) is 2.02. The van der Waals surface area contributed by atoms with Crippen molar-refractivity contribution in [3.05, 3.63) is 40.3 Å². The molecule has 1 heterocycles. The Kier molecular flexibility index (Phi) is 3.72. The first kappa shape index (κ1) is 13.8. The fraction of sp³-hybridized carbons (Fsp3) is 0.429. The molecule has 1 aromatic rings. The Hall–Kier alpha value is -0.575. The van der Waals surface area contributed by atoms with Crippen LogP contribution >= 0.6 is 15.9 Å². The van der Waals surface area contributed by atoms with Crippen LogP contribution in [0, 0.1) is 0 Å². The number of hydrogen-bond acceptors (Lipinski definition) is 2.